The first-order valence-electron chi connectivity index (χ1n) is 9.57. The topological polar surface area (TPSA) is 64.4 Å². The normalized spacial score (nSPS) is 10.9. The van der Waals surface area contributed by atoms with E-state index in [0.29, 0.717) is 18.0 Å². The number of rotatable bonds is 5. The molecule has 5 nitrogen and oxygen atoms in total. The molecule has 0 saturated heterocycles. The van der Waals surface area contributed by atoms with Gasteiger partial charge in [0.1, 0.15) is 23.8 Å². The highest BCUT2D eigenvalue weighted by Crippen LogP contribution is 2.30. The van der Waals surface area contributed by atoms with E-state index in [1.165, 1.54) is 0 Å². The first-order valence-corrected chi connectivity index (χ1v) is 10.4. The number of aromatic nitrogens is 1. The van der Waals surface area contributed by atoms with E-state index in [-0.39, 0.29) is 11.7 Å². The molecule has 0 fully saturated rings. The molecule has 4 rings (SSSR count). The zero-order valence-electron chi connectivity index (χ0n) is 17.0. The van der Waals surface area contributed by atoms with Crippen molar-refractivity contribution in [2.24, 2.45) is 0 Å². The standard InChI is InChI=1S/C24H21BrN2O3/c1-14-15(2)23(26-16(3)22(14)29-13-17-7-5-4-6-8-17)27-24(28)21-12-18-11-19(25)9-10-20(18)30-21/h4-12H,13H2,1-3H3,(H,26,27,28). The maximum atomic E-state index is 12.8. The fraction of sp³-hybridized carbons (Fsp3) is 0.167. The number of amides is 1. The SMILES string of the molecule is Cc1nc(NC(=O)c2cc3cc(Br)ccc3o2)c(C)c(C)c1OCc1ccccc1. The maximum Gasteiger partial charge on any atom is 0.292 e. The Morgan fingerprint density at radius 3 is 2.60 bits per heavy atom. The lowest BCUT2D eigenvalue weighted by Crippen LogP contribution is -2.15. The van der Waals surface area contributed by atoms with E-state index >= 15 is 0 Å². The summed E-state index contributed by atoms with van der Waals surface area (Å²) >= 11 is 3.43. The molecular weight excluding hydrogens is 444 g/mol. The molecule has 2 aromatic carbocycles. The molecule has 152 valence electrons. The number of furan rings is 1. The van der Waals surface area contributed by atoms with Crippen LogP contribution in [-0.2, 0) is 6.61 Å². The lowest BCUT2D eigenvalue weighted by Gasteiger charge is -2.16. The van der Waals surface area contributed by atoms with Crippen LogP contribution in [-0.4, -0.2) is 10.9 Å². The van der Waals surface area contributed by atoms with Gasteiger partial charge in [0.2, 0.25) is 0 Å². The molecule has 1 amide bonds. The van der Waals surface area contributed by atoms with Crippen molar-refractivity contribution in [1.82, 2.24) is 4.98 Å². The van der Waals surface area contributed by atoms with Gasteiger partial charge >= 0.3 is 0 Å². The highest BCUT2D eigenvalue weighted by molar-refractivity contribution is 9.10. The number of carbonyl (C=O) groups is 1. The predicted octanol–water partition coefficient (Wildman–Crippen LogP) is 6.35. The number of hydrogen-bond donors (Lipinski definition) is 1. The fourth-order valence-corrected chi connectivity index (χ4v) is 3.66. The molecule has 30 heavy (non-hydrogen) atoms. The quantitative estimate of drug-likeness (QED) is 0.373. The van der Waals surface area contributed by atoms with E-state index in [1.54, 1.807) is 6.07 Å². The number of benzene rings is 2. The molecule has 2 heterocycles. The first-order chi connectivity index (χ1) is 14.4. The number of nitrogens with zero attached hydrogens (tertiary/aromatic N) is 1. The van der Waals surface area contributed by atoms with Gasteiger partial charge in [0.05, 0.1) is 5.69 Å². The molecule has 0 unspecified atom stereocenters. The number of halogens is 1. The van der Waals surface area contributed by atoms with Crippen molar-refractivity contribution in [2.75, 3.05) is 5.32 Å². The van der Waals surface area contributed by atoms with E-state index in [2.05, 4.69) is 26.2 Å². The van der Waals surface area contributed by atoms with Crippen LogP contribution in [0, 0.1) is 20.8 Å². The van der Waals surface area contributed by atoms with Gasteiger partial charge in [-0.1, -0.05) is 46.3 Å². The third-order valence-electron chi connectivity index (χ3n) is 5.03. The number of pyridine rings is 1. The molecule has 6 heteroatoms. The second-order valence-corrected chi connectivity index (χ2v) is 8.06. The van der Waals surface area contributed by atoms with E-state index in [9.17, 15) is 4.79 Å². The van der Waals surface area contributed by atoms with E-state index in [4.69, 9.17) is 9.15 Å². The van der Waals surface area contributed by atoms with Gasteiger partial charge in [-0.15, -0.1) is 0 Å². The van der Waals surface area contributed by atoms with Crippen LogP contribution in [0.3, 0.4) is 0 Å². The minimum atomic E-state index is -0.338. The summed E-state index contributed by atoms with van der Waals surface area (Å²) in [4.78, 5) is 17.3. The molecule has 0 spiro atoms. The van der Waals surface area contributed by atoms with Crippen LogP contribution < -0.4 is 10.1 Å². The van der Waals surface area contributed by atoms with E-state index in [1.807, 2.05) is 69.3 Å². The highest BCUT2D eigenvalue weighted by atomic mass is 79.9. The molecule has 0 aliphatic heterocycles. The van der Waals surface area contributed by atoms with Crippen LogP contribution in [0.4, 0.5) is 5.82 Å². The number of hydrogen-bond acceptors (Lipinski definition) is 4. The summed E-state index contributed by atoms with van der Waals surface area (Å²) in [7, 11) is 0. The van der Waals surface area contributed by atoms with Crippen molar-refractivity contribution in [1.29, 1.82) is 0 Å². The number of nitrogens with one attached hydrogen (secondary N) is 1. The van der Waals surface area contributed by atoms with E-state index < -0.39 is 0 Å². The van der Waals surface area contributed by atoms with E-state index in [0.717, 1.165) is 38.0 Å². The molecule has 0 saturated carbocycles. The van der Waals surface area contributed by atoms with Crippen molar-refractivity contribution in [2.45, 2.75) is 27.4 Å². The largest absolute Gasteiger partial charge is 0.487 e. The Kier molecular flexibility index (Phi) is 5.59. The molecular formula is C24H21BrN2O3. The van der Waals surface area contributed by atoms with Crippen LogP contribution in [0.25, 0.3) is 11.0 Å². The first kappa shape index (κ1) is 20.2. The number of fused-ring (bicyclic) bond motifs is 1. The summed E-state index contributed by atoms with van der Waals surface area (Å²) in [6.07, 6.45) is 0. The Labute approximate surface area is 183 Å². The van der Waals surface area contributed by atoms with Gasteiger partial charge < -0.3 is 14.5 Å². The molecule has 0 aliphatic rings. The maximum absolute atomic E-state index is 12.8. The van der Waals surface area contributed by atoms with Gasteiger partial charge in [-0.2, -0.15) is 0 Å². The third kappa shape index (κ3) is 4.09. The van der Waals surface area contributed by atoms with Crippen molar-refractivity contribution in [3.05, 3.63) is 87.2 Å². The highest BCUT2D eigenvalue weighted by Gasteiger charge is 2.18. The van der Waals surface area contributed by atoms with Crippen LogP contribution >= 0.6 is 15.9 Å². The van der Waals surface area contributed by atoms with Gasteiger partial charge in [-0.25, -0.2) is 4.98 Å². The number of anilines is 1. The van der Waals surface area contributed by atoms with Crippen LogP contribution in [0.5, 0.6) is 5.75 Å². The van der Waals surface area contributed by atoms with Gasteiger partial charge in [-0.3, -0.25) is 4.79 Å². The van der Waals surface area contributed by atoms with Gasteiger partial charge in [0.25, 0.3) is 5.91 Å². The second-order valence-electron chi connectivity index (χ2n) is 7.15. The van der Waals surface area contributed by atoms with Crippen molar-refractivity contribution in [3.8, 4) is 5.75 Å². The Morgan fingerprint density at radius 2 is 1.83 bits per heavy atom. The Morgan fingerprint density at radius 1 is 1.07 bits per heavy atom. The van der Waals surface area contributed by atoms with Crippen LogP contribution in [0.1, 0.15) is 32.9 Å². The third-order valence-corrected chi connectivity index (χ3v) is 5.52. The summed E-state index contributed by atoms with van der Waals surface area (Å²) in [6, 6.07) is 17.3. The minimum absolute atomic E-state index is 0.240. The zero-order valence-corrected chi connectivity index (χ0v) is 18.5. The van der Waals surface area contributed by atoms with Gasteiger partial charge in [0.15, 0.2) is 5.76 Å². The Balaban J connectivity index is 1.55. The predicted molar refractivity (Wildman–Crippen MR) is 121 cm³/mol. The lowest BCUT2D eigenvalue weighted by molar-refractivity contribution is 0.0998. The summed E-state index contributed by atoms with van der Waals surface area (Å²) in [5.41, 5.74) is 4.27. The molecule has 0 aliphatic carbocycles. The number of carbonyl (C=O) groups excluding carboxylic acids is 1. The summed E-state index contributed by atoms with van der Waals surface area (Å²) < 4.78 is 12.6. The second kappa shape index (κ2) is 8.32. The molecule has 4 aromatic rings. The van der Waals surface area contributed by atoms with Crippen molar-refractivity contribution in [3.63, 3.8) is 0 Å². The van der Waals surface area contributed by atoms with Gasteiger partial charge in [-0.05, 0) is 61.7 Å². The Bertz CT molecular complexity index is 1230. The lowest BCUT2D eigenvalue weighted by atomic mass is 10.1. The van der Waals surface area contributed by atoms with Crippen LogP contribution in [0.2, 0.25) is 0 Å². The van der Waals surface area contributed by atoms with Crippen LogP contribution in [0.15, 0.2) is 63.5 Å². The number of ether oxygens (including phenoxy) is 1. The summed E-state index contributed by atoms with van der Waals surface area (Å²) in [5.74, 6) is 1.14. The minimum Gasteiger partial charge on any atom is -0.487 e. The molecule has 0 radical (unpaired) electrons. The summed E-state index contributed by atoms with van der Waals surface area (Å²) in [6.45, 7) is 6.23. The monoisotopic (exact) mass is 464 g/mol. The molecule has 2 aromatic heterocycles. The fourth-order valence-electron chi connectivity index (χ4n) is 3.28. The molecule has 1 N–H and O–H groups in total. The number of aryl methyl sites for hydroxylation is 1. The van der Waals surface area contributed by atoms with Gasteiger partial charge in [0, 0.05) is 9.86 Å². The molecule has 0 atom stereocenters. The van der Waals surface area contributed by atoms with Crippen molar-refractivity contribution >= 4 is 38.6 Å². The molecule has 0 bridgehead atoms. The van der Waals surface area contributed by atoms with Crippen molar-refractivity contribution < 1.29 is 13.9 Å². The average Bonchev–Trinajstić information content (AvgIpc) is 3.16. The average molecular weight is 465 g/mol. The summed E-state index contributed by atoms with van der Waals surface area (Å²) in [5, 5.41) is 3.73. The Hall–Kier alpha value is -3.12. The zero-order chi connectivity index (χ0) is 21.3. The smallest absolute Gasteiger partial charge is 0.292 e.